The van der Waals surface area contributed by atoms with Gasteiger partial charge in [0.15, 0.2) is 11.6 Å². The lowest BCUT2D eigenvalue weighted by Crippen LogP contribution is -2.53. The molecule has 1 N–H and O–H groups in total. The van der Waals surface area contributed by atoms with E-state index >= 15 is 0 Å². The fourth-order valence-electron chi connectivity index (χ4n) is 2.99. The monoisotopic (exact) mass is 298 g/mol. The summed E-state index contributed by atoms with van der Waals surface area (Å²) in [6.45, 7) is 12.9. The fraction of sp³-hybridized carbons (Fsp3) is 0.647. The summed E-state index contributed by atoms with van der Waals surface area (Å²) in [5, 5.41) is 3.39. The van der Waals surface area contributed by atoms with E-state index in [1.54, 1.807) is 12.1 Å². The summed E-state index contributed by atoms with van der Waals surface area (Å²) in [4.78, 5) is 2.27. The zero-order valence-electron chi connectivity index (χ0n) is 13.8. The van der Waals surface area contributed by atoms with E-state index in [9.17, 15) is 8.78 Å². The van der Waals surface area contributed by atoms with E-state index in [1.807, 2.05) is 0 Å². The van der Waals surface area contributed by atoms with Crippen LogP contribution in [0, 0.1) is 11.6 Å². The SMILES string of the molecule is CCCNC(c1cccc(F)c1F)C(C)(C)N(CC)CC. The Morgan fingerprint density at radius 2 is 1.76 bits per heavy atom. The quantitative estimate of drug-likeness (QED) is 0.776. The molecule has 0 aliphatic rings. The molecular weight excluding hydrogens is 270 g/mol. The average molecular weight is 298 g/mol. The van der Waals surface area contributed by atoms with Crippen molar-refractivity contribution in [3.05, 3.63) is 35.4 Å². The van der Waals surface area contributed by atoms with Gasteiger partial charge in [-0.25, -0.2) is 8.78 Å². The number of hydrogen-bond donors (Lipinski definition) is 1. The second-order valence-electron chi connectivity index (χ2n) is 5.86. The number of hydrogen-bond acceptors (Lipinski definition) is 2. The lowest BCUT2D eigenvalue weighted by Gasteiger charge is -2.44. The molecule has 0 aromatic heterocycles. The third-order valence-electron chi connectivity index (χ3n) is 4.18. The Hall–Kier alpha value is -1.00. The highest BCUT2D eigenvalue weighted by Gasteiger charge is 2.36. The minimum absolute atomic E-state index is 0.256. The molecule has 120 valence electrons. The number of likely N-dealkylation sites (N-methyl/N-ethyl adjacent to an activating group) is 1. The van der Waals surface area contributed by atoms with Crippen LogP contribution in [0.3, 0.4) is 0 Å². The summed E-state index contributed by atoms with van der Waals surface area (Å²) >= 11 is 0. The number of nitrogens with one attached hydrogen (secondary N) is 1. The molecule has 0 saturated heterocycles. The lowest BCUT2D eigenvalue weighted by molar-refractivity contribution is 0.0893. The highest BCUT2D eigenvalue weighted by molar-refractivity contribution is 5.26. The first kappa shape index (κ1) is 18.1. The average Bonchev–Trinajstić information content (AvgIpc) is 2.44. The van der Waals surface area contributed by atoms with Gasteiger partial charge in [0.25, 0.3) is 0 Å². The Labute approximate surface area is 127 Å². The van der Waals surface area contributed by atoms with Crippen molar-refractivity contribution >= 4 is 0 Å². The highest BCUT2D eigenvalue weighted by atomic mass is 19.2. The molecule has 0 aliphatic heterocycles. The summed E-state index contributed by atoms with van der Waals surface area (Å²) in [6.07, 6.45) is 0.946. The van der Waals surface area contributed by atoms with Crippen molar-refractivity contribution in [3.8, 4) is 0 Å². The van der Waals surface area contributed by atoms with Crippen molar-refractivity contribution < 1.29 is 8.78 Å². The molecule has 1 aromatic rings. The number of rotatable bonds is 8. The van der Waals surface area contributed by atoms with Crippen LogP contribution in [0.2, 0.25) is 0 Å². The van der Waals surface area contributed by atoms with Crippen LogP contribution in [-0.4, -0.2) is 30.1 Å². The minimum Gasteiger partial charge on any atom is -0.308 e. The van der Waals surface area contributed by atoms with Gasteiger partial charge in [0, 0.05) is 11.1 Å². The van der Waals surface area contributed by atoms with Gasteiger partial charge in [0.2, 0.25) is 0 Å². The lowest BCUT2D eigenvalue weighted by atomic mass is 9.86. The van der Waals surface area contributed by atoms with Crippen LogP contribution >= 0.6 is 0 Å². The van der Waals surface area contributed by atoms with Gasteiger partial charge in [-0.15, -0.1) is 0 Å². The molecule has 0 bridgehead atoms. The molecule has 2 nitrogen and oxygen atoms in total. The molecule has 1 atom stereocenters. The van der Waals surface area contributed by atoms with Crippen LogP contribution in [0.25, 0.3) is 0 Å². The Bertz CT molecular complexity index is 442. The van der Waals surface area contributed by atoms with Crippen molar-refractivity contribution in [2.24, 2.45) is 0 Å². The second kappa shape index (κ2) is 7.85. The first-order chi connectivity index (χ1) is 9.89. The first-order valence-corrected chi connectivity index (χ1v) is 7.82. The van der Waals surface area contributed by atoms with Crippen molar-refractivity contribution in [2.45, 2.75) is 52.6 Å². The molecule has 0 heterocycles. The minimum atomic E-state index is -0.786. The third-order valence-corrected chi connectivity index (χ3v) is 4.18. The normalized spacial score (nSPS) is 13.7. The summed E-state index contributed by atoms with van der Waals surface area (Å²) in [5.41, 5.74) is 0.0909. The Kier molecular flexibility index (Phi) is 6.75. The van der Waals surface area contributed by atoms with E-state index in [0.29, 0.717) is 5.56 Å². The molecule has 0 amide bonds. The van der Waals surface area contributed by atoms with E-state index in [1.165, 1.54) is 6.07 Å². The first-order valence-electron chi connectivity index (χ1n) is 7.82. The Balaban J connectivity index is 3.24. The maximum absolute atomic E-state index is 14.2. The smallest absolute Gasteiger partial charge is 0.163 e. The molecule has 0 aliphatic carbocycles. The van der Waals surface area contributed by atoms with Gasteiger partial charge >= 0.3 is 0 Å². The van der Waals surface area contributed by atoms with Crippen LogP contribution < -0.4 is 5.32 Å². The van der Waals surface area contributed by atoms with E-state index in [2.05, 4.69) is 44.8 Å². The predicted octanol–water partition coefficient (Wildman–Crippen LogP) is 4.13. The number of halogens is 2. The van der Waals surface area contributed by atoms with E-state index < -0.39 is 11.6 Å². The molecule has 1 rings (SSSR count). The van der Waals surface area contributed by atoms with E-state index in [0.717, 1.165) is 26.1 Å². The third kappa shape index (κ3) is 4.01. The van der Waals surface area contributed by atoms with Crippen LogP contribution in [0.4, 0.5) is 8.78 Å². The second-order valence-corrected chi connectivity index (χ2v) is 5.86. The highest BCUT2D eigenvalue weighted by Crippen LogP contribution is 2.33. The van der Waals surface area contributed by atoms with Crippen LogP contribution in [-0.2, 0) is 0 Å². The maximum atomic E-state index is 14.2. The largest absolute Gasteiger partial charge is 0.308 e. The van der Waals surface area contributed by atoms with Gasteiger partial charge in [-0.1, -0.05) is 32.9 Å². The van der Waals surface area contributed by atoms with E-state index in [-0.39, 0.29) is 11.6 Å². The Morgan fingerprint density at radius 1 is 1.14 bits per heavy atom. The van der Waals surface area contributed by atoms with Crippen molar-refractivity contribution in [1.82, 2.24) is 10.2 Å². The summed E-state index contributed by atoms with van der Waals surface area (Å²) in [5.74, 6) is -1.53. The van der Waals surface area contributed by atoms with Crippen LogP contribution in [0.15, 0.2) is 18.2 Å². The van der Waals surface area contributed by atoms with Crippen LogP contribution in [0.1, 0.15) is 52.6 Å². The maximum Gasteiger partial charge on any atom is 0.163 e. The summed E-state index contributed by atoms with van der Waals surface area (Å²) in [7, 11) is 0. The van der Waals surface area contributed by atoms with Gasteiger partial charge < -0.3 is 5.32 Å². The molecule has 0 radical (unpaired) electrons. The topological polar surface area (TPSA) is 15.3 Å². The molecule has 21 heavy (non-hydrogen) atoms. The molecule has 0 fully saturated rings. The molecule has 1 aromatic carbocycles. The van der Waals surface area contributed by atoms with E-state index in [4.69, 9.17) is 0 Å². The Morgan fingerprint density at radius 3 is 2.29 bits per heavy atom. The number of benzene rings is 1. The summed E-state index contributed by atoms with van der Waals surface area (Å²) < 4.78 is 27.8. The van der Waals surface area contributed by atoms with Gasteiger partial charge in [-0.05, 0) is 46.0 Å². The van der Waals surface area contributed by atoms with Crippen molar-refractivity contribution in [1.29, 1.82) is 0 Å². The number of nitrogens with zero attached hydrogens (tertiary/aromatic N) is 1. The van der Waals surface area contributed by atoms with Gasteiger partial charge in [0.05, 0.1) is 6.04 Å². The van der Waals surface area contributed by atoms with Crippen molar-refractivity contribution in [2.75, 3.05) is 19.6 Å². The zero-order valence-corrected chi connectivity index (χ0v) is 13.8. The molecular formula is C17H28F2N2. The van der Waals surface area contributed by atoms with Gasteiger partial charge in [0.1, 0.15) is 0 Å². The molecule has 4 heteroatoms. The summed E-state index contributed by atoms with van der Waals surface area (Å²) in [6, 6.07) is 4.16. The molecule has 1 unspecified atom stereocenters. The predicted molar refractivity (Wildman–Crippen MR) is 84.4 cm³/mol. The van der Waals surface area contributed by atoms with Crippen LogP contribution in [0.5, 0.6) is 0 Å². The van der Waals surface area contributed by atoms with Crippen molar-refractivity contribution in [3.63, 3.8) is 0 Å². The van der Waals surface area contributed by atoms with Gasteiger partial charge in [-0.3, -0.25) is 4.90 Å². The molecule has 0 spiro atoms. The fourth-order valence-corrected chi connectivity index (χ4v) is 2.99. The standard InChI is InChI=1S/C17H28F2N2/c1-6-12-20-16(17(4,5)21(7-2)8-3)13-10-9-11-14(18)15(13)19/h9-11,16,20H,6-8,12H2,1-5H3. The van der Waals surface area contributed by atoms with Gasteiger partial charge in [-0.2, -0.15) is 0 Å². The molecule has 0 saturated carbocycles. The zero-order chi connectivity index (χ0) is 16.0.